The minimum atomic E-state index is -0.545. The fourth-order valence-corrected chi connectivity index (χ4v) is 4.34. The molecule has 0 aliphatic carbocycles. The van der Waals surface area contributed by atoms with Crippen LogP contribution in [0.15, 0.2) is 59.7 Å². The highest BCUT2D eigenvalue weighted by atomic mass is 16.5. The zero-order chi connectivity index (χ0) is 24.6. The number of amides is 2. The summed E-state index contributed by atoms with van der Waals surface area (Å²) in [6.07, 6.45) is 0.631. The van der Waals surface area contributed by atoms with Gasteiger partial charge >= 0.3 is 5.97 Å². The van der Waals surface area contributed by atoms with Crippen molar-refractivity contribution in [3.05, 3.63) is 71.3 Å². The third-order valence-corrected chi connectivity index (χ3v) is 6.31. The molecule has 184 valence electrons. The third-order valence-electron chi connectivity index (χ3n) is 6.31. The molecule has 2 aromatic rings. The summed E-state index contributed by atoms with van der Waals surface area (Å²) in [7, 11) is 0. The van der Waals surface area contributed by atoms with Crippen LogP contribution < -0.4 is 0 Å². The number of hydrogen-bond donors (Lipinski definition) is 0. The number of hydrogen-bond acceptors (Lipinski definition) is 6. The van der Waals surface area contributed by atoms with Crippen molar-refractivity contribution < 1.29 is 19.1 Å². The number of ether oxygens (including phenoxy) is 1. The van der Waals surface area contributed by atoms with E-state index < -0.39 is 5.97 Å². The fraction of sp³-hybridized carbons (Fsp3) is 0.407. The highest BCUT2D eigenvalue weighted by Gasteiger charge is 2.24. The van der Waals surface area contributed by atoms with E-state index in [2.05, 4.69) is 41.2 Å². The normalized spacial score (nSPS) is 16.2. The van der Waals surface area contributed by atoms with E-state index in [1.165, 1.54) is 16.1 Å². The Balaban J connectivity index is 1.13. The second-order valence-electron chi connectivity index (χ2n) is 8.99. The molecule has 0 saturated carbocycles. The second kappa shape index (κ2) is 11.8. The summed E-state index contributed by atoms with van der Waals surface area (Å²) in [4.78, 5) is 41.1. The third kappa shape index (κ3) is 6.99. The van der Waals surface area contributed by atoms with Crippen molar-refractivity contribution in [2.24, 2.45) is 5.10 Å². The standard InChI is InChI=1S/C27H32N4O4/c1-21-6-5-7-22(18-21)19-29-14-16-30(17-15-29)26(33)20-35-27(34)11-10-25(32)31-13-12-24(28-31)23-8-3-2-4-9-23/h2-9,18H,10-17,19-20H2,1H3. The number of piperazine rings is 1. The number of benzene rings is 2. The molecule has 2 heterocycles. The van der Waals surface area contributed by atoms with Crippen LogP contribution in [0, 0.1) is 6.92 Å². The van der Waals surface area contributed by atoms with Crippen molar-refractivity contribution in [2.45, 2.75) is 32.7 Å². The van der Waals surface area contributed by atoms with E-state index in [4.69, 9.17) is 4.74 Å². The Kier molecular flexibility index (Phi) is 8.26. The van der Waals surface area contributed by atoms with Gasteiger partial charge in [-0.1, -0.05) is 60.2 Å². The smallest absolute Gasteiger partial charge is 0.306 e. The number of esters is 1. The van der Waals surface area contributed by atoms with Crippen molar-refractivity contribution >= 4 is 23.5 Å². The van der Waals surface area contributed by atoms with E-state index >= 15 is 0 Å². The molecular weight excluding hydrogens is 444 g/mol. The van der Waals surface area contributed by atoms with Crippen molar-refractivity contribution in [3.63, 3.8) is 0 Å². The topological polar surface area (TPSA) is 82.5 Å². The lowest BCUT2D eigenvalue weighted by molar-refractivity contribution is -0.153. The quantitative estimate of drug-likeness (QED) is 0.547. The van der Waals surface area contributed by atoms with Crippen LogP contribution in [0.4, 0.5) is 0 Å². The largest absolute Gasteiger partial charge is 0.456 e. The molecule has 2 amide bonds. The molecule has 1 saturated heterocycles. The van der Waals surface area contributed by atoms with Gasteiger partial charge in [0, 0.05) is 45.6 Å². The van der Waals surface area contributed by atoms with Gasteiger partial charge in [0.05, 0.1) is 18.7 Å². The van der Waals surface area contributed by atoms with Gasteiger partial charge in [-0.15, -0.1) is 0 Å². The summed E-state index contributed by atoms with van der Waals surface area (Å²) >= 11 is 0. The first-order valence-corrected chi connectivity index (χ1v) is 12.1. The van der Waals surface area contributed by atoms with Gasteiger partial charge < -0.3 is 9.64 Å². The first kappa shape index (κ1) is 24.6. The van der Waals surface area contributed by atoms with Gasteiger partial charge in [0.2, 0.25) is 5.91 Å². The average Bonchev–Trinajstić information content (AvgIpc) is 3.37. The van der Waals surface area contributed by atoms with Crippen LogP contribution in [-0.4, -0.2) is 77.6 Å². The summed E-state index contributed by atoms with van der Waals surface area (Å²) in [5.41, 5.74) is 4.37. The molecule has 0 unspecified atom stereocenters. The van der Waals surface area contributed by atoms with Crippen molar-refractivity contribution in [1.29, 1.82) is 0 Å². The van der Waals surface area contributed by atoms with E-state index in [0.717, 1.165) is 30.9 Å². The molecule has 8 nitrogen and oxygen atoms in total. The Morgan fingerprint density at radius 3 is 2.40 bits per heavy atom. The van der Waals surface area contributed by atoms with Gasteiger partial charge in [0.1, 0.15) is 0 Å². The van der Waals surface area contributed by atoms with E-state index in [0.29, 0.717) is 26.1 Å². The molecule has 8 heteroatoms. The molecule has 2 aromatic carbocycles. The summed E-state index contributed by atoms with van der Waals surface area (Å²) in [6, 6.07) is 18.2. The molecule has 0 aromatic heterocycles. The minimum absolute atomic E-state index is 0.0101. The van der Waals surface area contributed by atoms with Gasteiger partial charge in [-0.3, -0.25) is 19.3 Å². The molecule has 4 rings (SSSR count). The maximum atomic E-state index is 12.5. The lowest BCUT2D eigenvalue weighted by Crippen LogP contribution is -2.49. The molecule has 0 spiro atoms. The number of carbonyl (C=O) groups excluding carboxylic acids is 3. The zero-order valence-corrected chi connectivity index (χ0v) is 20.2. The van der Waals surface area contributed by atoms with Gasteiger partial charge in [-0.2, -0.15) is 5.10 Å². The SMILES string of the molecule is Cc1cccc(CN2CCN(C(=O)COC(=O)CCC(=O)N3CCC(c4ccccc4)=N3)CC2)c1. The summed E-state index contributed by atoms with van der Waals surface area (Å²) in [5, 5.41) is 5.81. The Morgan fingerprint density at radius 1 is 0.886 bits per heavy atom. The first-order chi connectivity index (χ1) is 17.0. The van der Waals surface area contributed by atoms with Crippen LogP contribution in [0.1, 0.15) is 36.0 Å². The number of nitrogens with zero attached hydrogens (tertiary/aromatic N) is 4. The van der Waals surface area contributed by atoms with Gasteiger partial charge in [-0.05, 0) is 18.1 Å². The molecule has 0 radical (unpaired) electrons. The van der Waals surface area contributed by atoms with Crippen molar-refractivity contribution in [3.8, 4) is 0 Å². The average molecular weight is 477 g/mol. The van der Waals surface area contributed by atoms with Crippen LogP contribution in [-0.2, 0) is 25.7 Å². The lowest BCUT2D eigenvalue weighted by atomic mass is 10.1. The maximum absolute atomic E-state index is 12.5. The number of hydrazone groups is 1. The fourth-order valence-electron chi connectivity index (χ4n) is 4.34. The molecule has 35 heavy (non-hydrogen) atoms. The summed E-state index contributed by atoms with van der Waals surface area (Å²) in [6.45, 7) is 5.94. The second-order valence-corrected chi connectivity index (χ2v) is 8.99. The van der Waals surface area contributed by atoms with E-state index in [9.17, 15) is 14.4 Å². The van der Waals surface area contributed by atoms with E-state index in [1.54, 1.807) is 4.90 Å². The van der Waals surface area contributed by atoms with Gasteiger partial charge in [0.15, 0.2) is 6.61 Å². The molecular formula is C27H32N4O4. The highest BCUT2D eigenvalue weighted by Crippen LogP contribution is 2.15. The van der Waals surface area contributed by atoms with Crippen molar-refractivity contribution in [1.82, 2.24) is 14.8 Å². The first-order valence-electron chi connectivity index (χ1n) is 12.1. The van der Waals surface area contributed by atoms with Crippen LogP contribution in [0.3, 0.4) is 0 Å². The molecule has 2 aliphatic rings. The van der Waals surface area contributed by atoms with E-state index in [1.807, 2.05) is 30.3 Å². The van der Waals surface area contributed by atoms with Crippen LogP contribution >= 0.6 is 0 Å². The molecule has 0 atom stereocenters. The Labute approximate surface area is 206 Å². The number of carbonyl (C=O) groups is 3. The van der Waals surface area contributed by atoms with Crippen LogP contribution in [0.5, 0.6) is 0 Å². The van der Waals surface area contributed by atoms with Crippen LogP contribution in [0.25, 0.3) is 0 Å². The highest BCUT2D eigenvalue weighted by molar-refractivity contribution is 6.02. The number of aryl methyl sites for hydroxylation is 1. The molecule has 2 aliphatic heterocycles. The molecule has 0 bridgehead atoms. The predicted octanol–water partition coefficient (Wildman–Crippen LogP) is 2.60. The molecule has 0 N–H and O–H groups in total. The Bertz CT molecular complexity index is 1080. The zero-order valence-electron chi connectivity index (χ0n) is 20.2. The molecule has 1 fully saturated rings. The van der Waals surface area contributed by atoms with Gasteiger partial charge in [0.25, 0.3) is 5.91 Å². The summed E-state index contributed by atoms with van der Waals surface area (Å²) in [5.74, 6) is -0.961. The minimum Gasteiger partial charge on any atom is -0.456 e. The Morgan fingerprint density at radius 2 is 1.66 bits per heavy atom. The number of rotatable bonds is 8. The maximum Gasteiger partial charge on any atom is 0.306 e. The van der Waals surface area contributed by atoms with Crippen molar-refractivity contribution in [2.75, 3.05) is 39.3 Å². The predicted molar refractivity (Wildman–Crippen MR) is 133 cm³/mol. The lowest BCUT2D eigenvalue weighted by Gasteiger charge is -2.34. The van der Waals surface area contributed by atoms with Gasteiger partial charge in [-0.25, -0.2) is 5.01 Å². The monoisotopic (exact) mass is 476 g/mol. The Hall–Kier alpha value is -3.52. The van der Waals surface area contributed by atoms with E-state index in [-0.39, 0.29) is 31.3 Å². The summed E-state index contributed by atoms with van der Waals surface area (Å²) < 4.78 is 5.15. The van der Waals surface area contributed by atoms with Crippen LogP contribution in [0.2, 0.25) is 0 Å².